The summed E-state index contributed by atoms with van der Waals surface area (Å²) >= 11 is 2.08. The normalized spacial score (nSPS) is 21.5. The van der Waals surface area contributed by atoms with Gasteiger partial charge in [-0.15, -0.1) is 11.8 Å². The number of hydrogen-bond donors (Lipinski definition) is 0. The van der Waals surface area contributed by atoms with Crippen LogP contribution in [0, 0.1) is 5.92 Å². The highest BCUT2D eigenvalue weighted by Gasteiger charge is 2.27. The summed E-state index contributed by atoms with van der Waals surface area (Å²) in [6, 6.07) is 21.8. The average Bonchev–Trinajstić information content (AvgIpc) is 2.58. The quantitative estimate of drug-likeness (QED) is 0.564. The molecule has 0 aliphatic heterocycles. The van der Waals surface area contributed by atoms with E-state index in [0.29, 0.717) is 5.25 Å². The molecule has 3 rings (SSSR count). The molecular weight excluding hydrogens is 296 g/mol. The second-order valence-electron chi connectivity index (χ2n) is 6.72. The van der Waals surface area contributed by atoms with E-state index >= 15 is 0 Å². The van der Waals surface area contributed by atoms with Crippen LogP contribution in [-0.2, 0) is 6.42 Å². The van der Waals surface area contributed by atoms with E-state index in [9.17, 15) is 0 Å². The van der Waals surface area contributed by atoms with Crippen molar-refractivity contribution in [3.05, 3.63) is 77.4 Å². The van der Waals surface area contributed by atoms with Gasteiger partial charge in [0.05, 0.1) is 0 Å². The van der Waals surface area contributed by atoms with Crippen LogP contribution in [0.2, 0.25) is 0 Å². The van der Waals surface area contributed by atoms with Gasteiger partial charge in [-0.3, -0.25) is 0 Å². The molecule has 2 aromatic rings. The molecule has 0 radical (unpaired) electrons. The molecule has 2 aromatic carbocycles. The van der Waals surface area contributed by atoms with Gasteiger partial charge < -0.3 is 0 Å². The van der Waals surface area contributed by atoms with Crippen LogP contribution < -0.4 is 0 Å². The number of hydrogen-bond acceptors (Lipinski definition) is 1. The molecular formula is C22H26S. The second-order valence-corrected chi connectivity index (χ2v) is 8.04. The fourth-order valence-corrected chi connectivity index (χ4v) is 4.86. The summed E-state index contributed by atoms with van der Waals surface area (Å²) in [5, 5.41) is 0.713. The predicted octanol–water partition coefficient (Wildman–Crippen LogP) is 6.53. The molecule has 0 spiro atoms. The Morgan fingerprint density at radius 1 is 0.826 bits per heavy atom. The smallest absolute Gasteiger partial charge is 0.0163 e. The van der Waals surface area contributed by atoms with Gasteiger partial charge in [0.25, 0.3) is 0 Å². The maximum absolute atomic E-state index is 2.33. The molecule has 23 heavy (non-hydrogen) atoms. The SMILES string of the molecule is CC1=C(C)C[C@H](Sc2ccccc2)[C@@H](CCc2ccccc2)C1. The first kappa shape index (κ1) is 16.4. The third-order valence-electron chi connectivity index (χ3n) is 5.01. The van der Waals surface area contributed by atoms with E-state index in [4.69, 9.17) is 0 Å². The third-order valence-corrected chi connectivity index (χ3v) is 6.41. The fraction of sp³-hybridized carbons (Fsp3) is 0.364. The highest BCUT2D eigenvalue weighted by molar-refractivity contribution is 8.00. The molecule has 1 heteroatoms. The lowest BCUT2D eigenvalue weighted by Crippen LogP contribution is -2.23. The van der Waals surface area contributed by atoms with Crippen LogP contribution in [-0.4, -0.2) is 5.25 Å². The van der Waals surface area contributed by atoms with Crippen LogP contribution in [0.4, 0.5) is 0 Å². The Balaban J connectivity index is 1.69. The third kappa shape index (κ3) is 4.51. The monoisotopic (exact) mass is 322 g/mol. The van der Waals surface area contributed by atoms with Gasteiger partial charge in [-0.2, -0.15) is 0 Å². The van der Waals surface area contributed by atoms with Crippen LogP contribution >= 0.6 is 11.8 Å². The van der Waals surface area contributed by atoms with Gasteiger partial charge in [-0.1, -0.05) is 59.7 Å². The number of thioether (sulfide) groups is 1. The first-order chi connectivity index (χ1) is 11.2. The van der Waals surface area contributed by atoms with Crippen molar-refractivity contribution in [2.75, 3.05) is 0 Å². The Morgan fingerprint density at radius 3 is 2.13 bits per heavy atom. The van der Waals surface area contributed by atoms with E-state index < -0.39 is 0 Å². The Kier molecular flexibility index (Phi) is 5.61. The molecule has 1 aliphatic carbocycles. The first-order valence-corrected chi connectivity index (χ1v) is 9.51. The first-order valence-electron chi connectivity index (χ1n) is 8.63. The van der Waals surface area contributed by atoms with Gasteiger partial charge in [0.2, 0.25) is 0 Å². The van der Waals surface area contributed by atoms with Crippen molar-refractivity contribution in [2.45, 2.75) is 49.7 Å². The summed E-state index contributed by atoms with van der Waals surface area (Å²) in [6.45, 7) is 4.65. The molecule has 2 atom stereocenters. The lowest BCUT2D eigenvalue weighted by atomic mass is 9.81. The molecule has 0 saturated heterocycles. The molecule has 1 aliphatic rings. The Labute approximate surface area is 145 Å². The highest BCUT2D eigenvalue weighted by Crippen LogP contribution is 2.41. The minimum atomic E-state index is 0.713. The zero-order valence-electron chi connectivity index (χ0n) is 14.2. The van der Waals surface area contributed by atoms with Crippen molar-refractivity contribution in [1.82, 2.24) is 0 Å². The molecule has 120 valence electrons. The van der Waals surface area contributed by atoms with Crippen molar-refractivity contribution in [3.8, 4) is 0 Å². The molecule has 0 unspecified atom stereocenters. The summed E-state index contributed by atoms with van der Waals surface area (Å²) in [5.74, 6) is 0.782. The molecule has 0 fully saturated rings. The zero-order chi connectivity index (χ0) is 16.1. The Bertz CT molecular complexity index is 642. The summed E-state index contributed by atoms with van der Waals surface area (Å²) in [7, 11) is 0. The van der Waals surface area contributed by atoms with E-state index in [0.717, 1.165) is 5.92 Å². The number of benzene rings is 2. The van der Waals surface area contributed by atoms with E-state index in [1.165, 1.54) is 36.1 Å². The van der Waals surface area contributed by atoms with Crippen LogP contribution in [0.1, 0.15) is 38.7 Å². The topological polar surface area (TPSA) is 0 Å². The Hall–Kier alpha value is -1.47. The lowest BCUT2D eigenvalue weighted by molar-refractivity contribution is 0.437. The molecule has 0 heterocycles. The van der Waals surface area contributed by atoms with Crippen LogP contribution in [0.25, 0.3) is 0 Å². The molecule has 0 aromatic heterocycles. The average molecular weight is 323 g/mol. The largest absolute Gasteiger partial charge is 0.122 e. The summed E-state index contributed by atoms with van der Waals surface area (Å²) < 4.78 is 0. The summed E-state index contributed by atoms with van der Waals surface area (Å²) in [4.78, 5) is 1.41. The summed E-state index contributed by atoms with van der Waals surface area (Å²) in [5.41, 5.74) is 4.70. The van der Waals surface area contributed by atoms with Crippen molar-refractivity contribution in [1.29, 1.82) is 0 Å². The zero-order valence-corrected chi connectivity index (χ0v) is 15.0. The molecule has 0 amide bonds. The minimum absolute atomic E-state index is 0.713. The van der Waals surface area contributed by atoms with E-state index in [-0.39, 0.29) is 0 Å². The molecule has 0 saturated carbocycles. The predicted molar refractivity (Wildman–Crippen MR) is 102 cm³/mol. The van der Waals surface area contributed by atoms with Gasteiger partial charge in [0.1, 0.15) is 0 Å². The Morgan fingerprint density at radius 2 is 1.43 bits per heavy atom. The van der Waals surface area contributed by atoms with Crippen molar-refractivity contribution in [3.63, 3.8) is 0 Å². The van der Waals surface area contributed by atoms with E-state index in [1.54, 1.807) is 11.1 Å². The maximum Gasteiger partial charge on any atom is 0.0163 e. The van der Waals surface area contributed by atoms with Gasteiger partial charge in [0.15, 0.2) is 0 Å². The number of rotatable bonds is 5. The molecule has 0 bridgehead atoms. The standard InChI is InChI=1S/C22H26S/c1-17-15-20(14-13-19-9-5-3-6-10-19)22(16-18(17)2)23-21-11-7-4-8-12-21/h3-12,20,22H,13-16H2,1-2H3/t20-,22-/m0/s1. The minimum Gasteiger partial charge on any atom is -0.122 e. The van der Waals surface area contributed by atoms with Crippen molar-refractivity contribution < 1.29 is 0 Å². The van der Waals surface area contributed by atoms with Gasteiger partial charge in [-0.25, -0.2) is 0 Å². The second kappa shape index (κ2) is 7.88. The van der Waals surface area contributed by atoms with E-state index in [2.05, 4.69) is 86.3 Å². The van der Waals surface area contributed by atoms with Crippen LogP contribution in [0.5, 0.6) is 0 Å². The lowest BCUT2D eigenvalue weighted by Gasteiger charge is -2.33. The number of allylic oxidation sites excluding steroid dienone is 2. The van der Waals surface area contributed by atoms with Gasteiger partial charge >= 0.3 is 0 Å². The van der Waals surface area contributed by atoms with Crippen LogP contribution in [0.3, 0.4) is 0 Å². The maximum atomic E-state index is 2.33. The van der Waals surface area contributed by atoms with Crippen molar-refractivity contribution >= 4 is 11.8 Å². The molecule has 0 N–H and O–H groups in total. The highest BCUT2D eigenvalue weighted by atomic mass is 32.2. The number of aryl methyl sites for hydroxylation is 1. The van der Waals surface area contributed by atoms with Gasteiger partial charge in [0, 0.05) is 10.1 Å². The van der Waals surface area contributed by atoms with Crippen LogP contribution in [0.15, 0.2) is 76.7 Å². The van der Waals surface area contributed by atoms with Crippen molar-refractivity contribution in [2.24, 2.45) is 5.92 Å². The van der Waals surface area contributed by atoms with Gasteiger partial charge in [-0.05, 0) is 63.1 Å². The van der Waals surface area contributed by atoms with E-state index in [1.807, 2.05) is 0 Å². The fourth-order valence-electron chi connectivity index (χ4n) is 3.44. The summed E-state index contributed by atoms with van der Waals surface area (Å²) in [6.07, 6.45) is 5.00. The molecule has 0 nitrogen and oxygen atoms in total.